The fourth-order valence-corrected chi connectivity index (χ4v) is 2.03. The molecule has 0 radical (unpaired) electrons. The number of aryl methyl sites for hydroxylation is 1. The number of carboxylic acids is 1. The molecule has 1 aromatic heterocycles. The molecule has 4 nitrogen and oxygen atoms in total. The van der Waals surface area contributed by atoms with E-state index in [-0.39, 0.29) is 5.92 Å². The molecule has 1 saturated heterocycles. The molecule has 16 heavy (non-hydrogen) atoms. The summed E-state index contributed by atoms with van der Waals surface area (Å²) in [5.41, 5.74) is 2.16. The first-order valence-corrected chi connectivity index (χ1v) is 5.52. The smallest absolute Gasteiger partial charge is 0.307 e. The van der Waals surface area contributed by atoms with Crippen LogP contribution in [0.2, 0.25) is 0 Å². The first kappa shape index (κ1) is 11.1. The molecule has 1 atom stereocenters. The van der Waals surface area contributed by atoms with Crippen molar-refractivity contribution in [3.63, 3.8) is 0 Å². The van der Waals surface area contributed by atoms with Crippen LogP contribution in [0.1, 0.15) is 17.7 Å². The van der Waals surface area contributed by atoms with Gasteiger partial charge < -0.3 is 5.11 Å². The maximum atomic E-state index is 10.8. The lowest BCUT2D eigenvalue weighted by molar-refractivity contribution is -0.141. The van der Waals surface area contributed by atoms with Crippen LogP contribution in [0.5, 0.6) is 0 Å². The van der Waals surface area contributed by atoms with Crippen molar-refractivity contribution in [1.29, 1.82) is 0 Å². The highest BCUT2D eigenvalue weighted by atomic mass is 16.4. The normalized spacial score (nSPS) is 21.2. The van der Waals surface area contributed by atoms with Gasteiger partial charge in [0, 0.05) is 25.0 Å². The molecule has 0 aromatic carbocycles. The molecule has 86 valence electrons. The lowest BCUT2D eigenvalue weighted by Gasteiger charge is -2.14. The second-order valence-corrected chi connectivity index (χ2v) is 4.37. The molecule has 0 bridgehead atoms. The van der Waals surface area contributed by atoms with Gasteiger partial charge in [-0.25, -0.2) is 0 Å². The van der Waals surface area contributed by atoms with Gasteiger partial charge in [-0.15, -0.1) is 0 Å². The molecular formula is C12H16N2O2. The second-order valence-electron chi connectivity index (χ2n) is 4.37. The number of hydrogen-bond donors (Lipinski definition) is 1. The molecule has 4 heteroatoms. The molecule has 2 rings (SSSR count). The van der Waals surface area contributed by atoms with Gasteiger partial charge in [-0.05, 0) is 31.5 Å². The van der Waals surface area contributed by atoms with Crippen molar-refractivity contribution in [2.45, 2.75) is 19.9 Å². The first-order valence-electron chi connectivity index (χ1n) is 5.52. The number of rotatable bonds is 3. The van der Waals surface area contributed by atoms with E-state index in [0.29, 0.717) is 6.54 Å². The van der Waals surface area contributed by atoms with E-state index in [1.165, 1.54) is 0 Å². The maximum absolute atomic E-state index is 10.8. The average Bonchev–Trinajstić information content (AvgIpc) is 2.70. The molecule has 1 aromatic rings. The van der Waals surface area contributed by atoms with Gasteiger partial charge in [-0.1, -0.05) is 6.07 Å². The van der Waals surface area contributed by atoms with Crippen molar-refractivity contribution in [2.75, 3.05) is 13.1 Å². The topological polar surface area (TPSA) is 53.4 Å². The Labute approximate surface area is 94.9 Å². The summed E-state index contributed by atoms with van der Waals surface area (Å²) in [6.07, 6.45) is 2.62. The van der Waals surface area contributed by atoms with Gasteiger partial charge in [-0.2, -0.15) is 0 Å². The zero-order chi connectivity index (χ0) is 11.5. The van der Waals surface area contributed by atoms with Gasteiger partial charge in [0.15, 0.2) is 0 Å². The van der Waals surface area contributed by atoms with Crippen LogP contribution in [0, 0.1) is 12.8 Å². The highest BCUT2D eigenvalue weighted by Crippen LogP contribution is 2.18. The Kier molecular flexibility index (Phi) is 3.19. The van der Waals surface area contributed by atoms with E-state index in [1.54, 1.807) is 0 Å². The van der Waals surface area contributed by atoms with Gasteiger partial charge in [0.2, 0.25) is 0 Å². The standard InChI is InChI=1S/C12H16N2O2/c1-9-2-3-10(6-13-9)7-14-5-4-11(8-14)12(15)16/h2-3,6,11H,4-5,7-8H2,1H3,(H,15,16). The molecule has 0 amide bonds. The molecule has 1 aliphatic heterocycles. The Bertz CT molecular complexity index is 375. The van der Waals surface area contributed by atoms with E-state index in [1.807, 2.05) is 19.2 Å². The summed E-state index contributed by atoms with van der Waals surface area (Å²) in [6, 6.07) is 4.04. The van der Waals surface area contributed by atoms with Gasteiger partial charge in [-0.3, -0.25) is 14.7 Å². The van der Waals surface area contributed by atoms with Crippen LogP contribution in [0.4, 0.5) is 0 Å². The van der Waals surface area contributed by atoms with Crippen LogP contribution in [0.25, 0.3) is 0 Å². The quantitative estimate of drug-likeness (QED) is 0.834. The molecule has 1 fully saturated rings. The summed E-state index contributed by atoms with van der Waals surface area (Å²) in [5, 5.41) is 8.89. The van der Waals surface area contributed by atoms with Crippen LogP contribution < -0.4 is 0 Å². The molecule has 0 aliphatic carbocycles. The van der Waals surface area contributed by atoms with Crippen LogP contribution in [-0.4, -0.2) is 34.0 Å². The average molecular weight is 220 g/mol. The minimum absolute atomic E-state index is 0.196. The number of aliphatic carboxylic acids is 1. The van der Waals surface area contributed by atoms with Crippen molar-refractivity contribution in [3.8, 4) is 0 Å². The van der Waals surface area contributed by atoms with E-state index in [0.717, 1.165) is 30.8 Å². The van der Waals surface area contributed by atoms with E-state index in [2.05, 4.69) is 16.0 Å². The minimum atomic E-state index is -0.676. The Hall–Kier alpha value is -1.42. The highest BCUT2D eigenvalue weighted by Gasteiger charge is 2.27. The first-order chi connectivity index (χ1) is 7.65. The zero-order valence-electron chi connectivity index (χ0n) is 9.39. The number of carbonyl (C=O) groups is 1. The number of pyridine rings is 1. The molecule has 1 N–H and O–H groups in total. The lowest BCUT2D eigenvalue weighted by atomic mass is 10.1. The number of hydrogen-bond acceptors (Lipinski definition) is 3. The van der Waals surface area contributed by atoms with Crippen LogP contribution >= 0.6 is 0 Å². The predicted molar refractivity (Wildman–Crippen MR) is 60.0 cm³/mol. The van der Waals surface area contributed by atoms with Crippen molar-refractivity contribution in [2.24, 2.45) is 5.92 Å². The fourth-order valence-electron chi connectivity index (χ4n) is 2.03. The Morgan fingerprint density at radius 3 is 3.00 bits per heavy atom. The SMILES string of the molecule is Cc1ccc(CN2CCC(C(=O)O)C2)cn1. The van der Waals surface area contributed by atoms with Gasteiger partial charge in [0.1, 0.15) is 0 Å². The third-order valence-corrected chi connectivity index (χ3v) is 3.00. The number of likely N-dealkylation sites (tertiary alicyclic amines) is 1. The van der Waals surface area contributed by atoms with Crippen molar-refractivity contribution in [3.05, 3.63) is 29.6 Å². The van der Waals surface area contributed by atoms with Crippen LogP contribution in [0.15, 0.2) is 18.3 Å². The number of nitrogens with zero attached hydrogens (tertiary/aromatic N) is 2. The maximum Gasteiger partial charge on any atom is 0.307 e. The van der Waals surface area contributed by atoms with Crippen molar-refractivity contribution >= 4 is 5.97 Å². The van der Waals surface area contributed by atoms with E-state index >= 15 is 0 Å². The fraction of sp³-hybridized carbons (Fsp3) is 0.500. The second kappa shape index (κ2) is 4.61. The third kappa shape index (κ3) is 2.58. The molecule has 0 saturated carbocycles. The lowest BCUT2D eigenvalue weighted by Crippen LogP contribution is -2.22. The molecule has 2 heterocycles. The zero-order valence-corrected chi connectivity index (χ0v) is 9.39. The molecule has 1 aliphatic rings. The minimum Gasteiger partial charge on any atom is -0.481 e. The summed E-state index contributed by atoms with van der Waals surface area (Å²) in [6.45, 7) is 4.28. The van der Waals surface area contributed by atoms with Crippen molar-refractivity contribution < 1.29 is 9.90 Å². The molecule has 0 spiro atoms. The summed E-state index contributed by atoms with van der Waals surface area (Å²) in [7, 11) is 0. The monoisotopic (exact) mass is 220 g/mol. The molecular weight excluding hydrogens is 204 g/mol. The van der Waals surface area contributed by atoms with E-state index < -0.39 is 5.97 Å². The van der Waals surface area contributed by atoms with E-state index in [9.17, 15) is 4.79 Å². The van der Waals surface area contributed by atoms with Crippen LogP contribution in [-0.2, 0) is 11.3 Å². The summed E-state index contributed by atoms with van der Waals surface area (Å²) < 4.78 is 0. The largest absolute Gasteiger partial charge is 0.481 e. The van der Waals surface area contributed by atoms with E-state index in [4.69, 9.17) is 5.11 Å². The predicted octanol–water partition coefficient (Wildman–Crippen LogP) is 1.30. The Balaban J connectivity index is 1.92. The highest BCUT2D eigenvalue weighted by molar-refractivity contribution is 5.70. The third-order valence-electron chi connectivity index (χ3n) is 3.00. The Morgan fingerprint density at radius 2 is 2.44 bits per heavy atom. The van der Waals surface area contributed by atoms with Gasteiger partial charge in [0.05, 0.1) is 5.92 Å². The van der Waals surface area contributed by atoms with Gasteiger partial charge >= 0.3 is 5.97 Å². The van der Waals surface area contributed by atoms with Crippen molar-refractivity contribution in [1.82, 2.24) is 9.88 Å². The summed E-state index contributed by atoms with van der Waals surface area (Å²) in [4.78, 5) is 17.2. The number of carboxylic acid groups (broad SMARTS) is 1. The van der Waals surface area contributed by atoms with Crippen LogP contribution in [0.3, 0.4) is 0 Å². The Morgan fingerprint density at radius 1 is 1.62 bits per heavy atom. The molecule has 1 unspecified atom stereocenters. The van der Waals surface area contributed by atoms with Gasteiger partial charge in [0.25, 0.3) is 0 Å². The summed E-state index contributed by atoms with van der Waals surface area (Å²) >= 11 is 0. The summed E-state index contributed by atoms with van der Waals surface area (Å²) in [5.74, 6) is -0.872. The number of aromatic nitrogens is 1.